The van der Waals surface area contributed by atoms with Crippen molar-refractivity contribution in [3.63, 3.8) is 0 Å². The average molecular weight is 446 g/mol. The number of amides is 1. The minimum Gasteiger partial charge on any atom is -0.348 e. The van der Waals surface area contributed by atoms with E-state index in [2.05, 4.69) is 17.4 Å². The number of hydrogen-bond acceptors (Lipinski definition) is 5. The van der Waals surface area contributed by atoms with E-state index in [0.29, 0.717) is 5.56 Å². The molecule has 2 aromatic rings. The molecule has 1 unspecified atom stereocenters. The predicted octanol–water partition coefficient (Wildman–Crippen LogP) is 3.43. The number of aryl methyl sites for hydroxylation is 3. The molecule has 3 rings (SSSR count). The molecule has 0 saturated carbocycles. The van der Waals surface area contributed by atoms with Gasteiger partial charge in [0.2, 0.25) is 15.9 Å². The Morgan fingerprint density at radius 2 is 1.84 bits per heavy atom. The Morgan fingerprint density at radius 3 is 2.48 bits per heavy atom. The highest BCUT2D eigenvalue weighted by Gasteiger charge is 2.25. The molecule has 1 aliphatic rings. The van der Waals surface area contributed by atoms with Gasteiger partial charge in [0.25, 0.3) is 5.69 Å². The van der Waals surface area contributed by atoms with Gasteiger partial charge in [0, 0.05) is 12.1 Å². The van der Waals surface area contributed by atoms with Crippen molar-refractivity contribution < 1.29 is 18.1 Å². The molecule has 0 bridgehead atoms. The van der Waals surface area contributed by atoms with Gasteiger partial charge in [-0.2, -0.15) is 0 Å². The van der Waals surface area contributed by atoms with E-state index in [1.807, 2.05) is 13.0 Å². The maximum Gasteiger partial charge on any atom is 0.271 e. The average Bonchev–Trinajstić information content (AvgIpc) is 2.71. The Bertz CT molecular complexity index is 1110. The number of sulfonamides is 1. The van der Waals surface area contributed by atoms with Crippen LogP contribution in [-0.2, 0) is 27.7 Å². The highest BCUT2D eigenvalue weighted by Crippen LogP contribution is 2.28. The molecular weight excluding hydrogens is 418 g/mol. The smallest absolute Gasteiger partial charge is 0.271 e. The van der Waals surface area contributed by atoms with Crippen LogP contribution in [0.2, 0.25) is 0 Å². The first-order chi connectivity index (χ1) is 14.6. The number of benzene rings is 2. The van der Waals surface area contributed by atoms with Crippen molar-refractivity contribution in [2.75, 3.05) is 17.1 Å². The first kappa shape index (κ1) is 22.7. The van der Waals surface area contributed by atoms with Crippen LogP contribution in [0.1, 0.15) is 48.1 Å². The molecule has 0 saturated heterocycles. The number of nitro groups is 1. The summed E-state index contributed by atoms with van der Waals surface area (Å²) in [4.78, 5) is 23.3. The van der Waals surface area contributed by atoms with Crippen molar-refractivity contribution in [2.24, 2.45) is 0 Å². The highest BCUT2D eigenvalue weighted by molar-refractivity contribution is 7.92. The van der Waals surface area contributed by atoms with Gasteiger partial charge in [0.1, 0.15) is 6.54 Å². The molecule has 1 amide bonds. The van der Waals surface area contributed by atoms with E-state index in [1.165, 1.54) is 35.7 Å². The molecule has 0 aromatic heterocycles. The zero-order chi connectivity index (χ0) is 22.8. The van der Waals surface area contributed by atoms with Crippen LogP contribution in [0.25, 0.3) is 0 Å². The molecule has 1 atom stereocenters. The predicted molar refractivity (Wildman–Crippen MR) is 120 cm³/mol. The molecular formula is C22H27N3O5S. The lowest BCUT2D eigenvalue weighted by atomic mass is 9.89. The van der Waals surface area contributed by atoms with E-state index in [1.54, 1.807) is 6.92 Å². The van der Waals surface area contributed by atoms with Gasteiger partial charge in [0.15, 0.2) is 0 Å². The van der Waals surface area contributed by atoms with E-state index < -0.39 is 27.4 Å². The van der Waals surface area contributed by atoms with Gasteiger partial charge >= 0.3 is 0 Å². The Morgan fingerprint density at radius 1 is 1.16 bits per heavy atom. The van der Waals surface area contributed by atoms with E-state index in [9.17, 15) is 23.3 Å². The third-order valence-corrected chi connectivity index (χ3v) is 6.74. The second-order valence-electron chi connectivity index (χ2n) is 8.02. The van der Waals surface area contributed by atoms with E-state index >= 15 is 0 Å². The maximum absolute atomic E-state index is 12.7. The van der Waals surface area contributed by atoms with Crippen molar-refractivity contribution in [1.82, 2.24) is 5.32 Å². The maximum atomic E-state index is 12.7. The fourth-order valence-electron chi connectivity index (χ4n) is 3.88. The molecule has 0 aliphatic heterocycles. The number of carbonyl (C=O) groups excluding carboxylic acids is 1. The molecule has 8 nitrogen and oxygen atoms in total. The zero-order valence-corrected chi connectivity index (χ0v) is 18.7. The van der Waals surface area contributed by atoms with Crippen LogP contribution in [-0.4, -0.2) is 32.0 Å². The summed E-state index contributed by atoms with van der Waals surface area (Å²) in [5, 5.41) is 14.0. The zero-order valence-electron chi connectivity index (χ0n) is 17.9. The van der Waals surface area contributed by atoms with Crippen LogP contribution in [0.15, 0.2) is 36.4 Å². The number of nitro benzene ring substituents is 1. The number of hydrogen-bond donors (Lipinski definition) is 1. The van der Waals surface area contributed by atoms with Crippen LogP contribution in [0.5, 0.6) is 0 Å². The first-order valence-electron chi connectivity index (χ1n) is 10.2. The number of rotatable bonds is 7. The van der Waals surface area contributed by atoms with Gasteiger partial charge in [-0.15, -0.1) is 0 Å². The summed E-state index contributed by atoms with van der Waals surface area (Å²) in [6.45, 7) is 3.03. The second kappa shape index (κ2) is 9.05. The van der Waals surface area contributed by atoms with Gasteiger partial charge in [0.05, 0.1) is 22.9 Å². The Balaban J connectivity index is 1.79. The van der Waals surface area contributed by atoms with Gasteiger partial charge < -0.3 is 5.32 Å². The molecule has 0 heterocycles. The third kappa shape index (κ3) is 5.41. The molecule has 0 radical (unpaired) electrons. The summed E-state index contributed by atoms with van der Waals surface area (Å²) in [5.74, 6) is -0.485. The van der Waals surface area contributed by atoms with Crippen LogP contribution in [0.4, 0.5) is 11.4 Å². The van der Waals surface area contributed by atoms with Crippen LogP contribution in [0.3, 0.4) is 0 Å². The minimum absolute atomic E-state index is 0.119. The molecule has 1 aliphatic carbocycles. The van der Waals surface area contributed by atoms with Crippen molar-refractivity contribution in [3.8, 4) is 0 Å². The molecule has 9 heteroatoms. The molecule has 1 N–H and O–H groups in total. The van der Waals surface area contributed by atoms with Gasteiger partial charge in [-0.05, 0) is 61.8 Å². The number of carbonyl (C=O) groups is 1. The third-order valence-electron chi connectivity index (χ3n) is 5.61. The summed E-state index contributed by atoms with van der Waals surface area (Å²) in [7, 11) is -3.84. The molecule has 0 spiro atoms. The van der Waals surface area contributed by atoms with Crippen LogP contribution in [0, 0.1) is 17.0 Å². The van der Waals surface area contributed by atoms with Crippen LogP contribution >= 0.6 is 0 Å². The normalized spacial score (nSPS) is 14.4. The summed E-state index contributed by atoms with van der Waals surface area (Å²) in [6.07, 6.45) is 5.42. The van der Waals surface area contributed by atoms with Crippen molar-refractivity contribution in [2.45, 2.75) is 45.6 Å². The summed E-state index contributed by atoms with van der Waals surface area (Å²) >= 11 is 0. The number of fused-ring (bicyclic) bond motifs is 1. The number of anilines is 1. The van der Waals surface area contributed by atoms with Gasteiger partial charge in [-0.1, -0.05) is 24.3 Å². The lowest BCUT2D eigenvalue weighted by molar-refractivity contribution is -0.384. The van der Waals surface area contributed by atoms with Gasteiger partial charge in [-0.3, -0.25) is 19.2 Å². The fraction of sp³-hybridized carbons (Fsp3) is 0.409. The van der Waals surface area contributed by atoms with Gasteiger partial charge in [-0.25, -0.2) is 8.42 Å². The molecule has 2 aromatic carbocycles. The first-order valence-corrected chi connectivity index (χ1v) is 12.0. The minimum atomic E-state index is -3.84. The largest absolute Gasteiger partial charge is 0.348 e. The Labute approximate surface area is 182 Å². The highest BCUT2D eigenvalue weighted by atomic mass is 32.2. The standard InChI is InChI=1S/C22H27N3O5S/c1-15-8-11-20(25(27)28)13-21(15)24(31(3,29)30)14-22(26)23-16(2)18-10-9-17-6-4-5-7-19(17)12-18/h8-13,16H,4-7,14H2,1-3H3,(H,23,26). The molecule has 0 fully saturated rings. The number of non-ortho nitro benzene ring substituents is 1. The lowest BCUT2D eigenvalue weighted by Gasteiger charge is -2.25. The summed E-state index contributed by atoms with van der Waals surface area (Å²) in [6, 6.07) is 9.86. The quantitative estimate of drug-likeness (QED) is 0.519. The Kier molecular flexibility index (Phi) is 6.64. The summed E-state index contributed by atoms with van der Waals surface area (Å²) in [5.41, 5.74) is 4.01. The fourth-order valence-corrected chi connectivity index (χ4v) is 4.79. The van der Waals surface area contributed by atoms with E-state index in [0.717, 1.165) is 35.4 Å². The molecule has 31 heavy (non-hydrogen) atoms. The topological polar surface area (TPSA) is 110 Å². The molecule has 166 valence electrons. The van der Waals surface area contributed by atoms with E-state index in [-0.39, 0.29) is 17.4 Å². The second-order valence-corrected chi connectivity index (χ2v) is 9.93. The number of nitrogens with zero attached hydrogens (tertiary/aromatic N) is 2. The SMILES string of the molecule is Cc1ccc([N+](=O)[O-])cc1N(CC(=O)NC(C)c1ccc2c(c1)CCCC2)S(C)(=O)=O. The monoisotopic (exact) mass is 445 g/mol. The Hall–Kier alpha value is -2.94. The van der Waals surface area contributed by atoms with Crippen molar-refractivity contribution in [3.05, 3.63) is 68.8 Å². The van der Waals surface area contributed by atoms with Crippen molar-refractivity contribution >= 4 is 27.3 Å². The summed E-state index contributed by atoms with van der Waals surface area (Å²) < 4.78 is 25.7. The van der Waals surface area contributed by atoms with E-state index in [4.69, 9.17) is 0 Å². The number of nitrogens with one attached hydrogen (secondary N) is 1. The van der Waals surface area contributed by atoms with Crippen molar-refractivity contribution in [1.29, 1.82) is 0 Å². The van der Waals surface area contributed by atoms with Crippen LogP contribution < -0.4 is 9.62 Å². The lowest BCUT2D eigenvalue weighted by Crippen LogP contribution is -2.41.